The third kappa shape index (κ3) is 5.11. The van der Waals surface area contributed by atoms with Crippen LogP contribution < -0.4 is 10.6 Å². The van der Waals surface area contributed by atoms with Crippen molar-refractivity contribution in [2.24, 2.45) is 17.3 Å². The molecule has 2 rings (SSSR count). The second-order valence-electron chi connectivity index (χ2n) is 6.80. The number of halogens is 1. The van der Waals surface area contributed by atoms with E-state index in [9.17, 15) is 4.79 Å². The standard InChI is InChI=1S/C16H30N2O2.ClH/c1-13-3-5-14(6-4-13)11-18-15(19)16(12-20-2)7-9-17-10-8-16;/h13-14,17H,3-12H2,1-2H3,(H,18,19);1H. The van der Waals surface area contributed by atoms with E-state index in [1.165, 1.54) is 25.7 Å². The first-order valence-corrected chi connectivity index (χ1v) is 8.14. The van der Waals surface area contributed by atoms with Crippen molar-refractivity contribution in [3.63, 3.8) is 0 Å². The van der Waals surface area contributed by atoms with Gasteiger partial charge in [0.2, 0.25) is 5.91 Å². The lowest BCUT2D eigenvalue weighted by molar-refractivity contribution is -0.136. The number of carbonyl (C=O) groups is 1. The maximum Gasteiger partial charge on any atom is 0.228 e. The van der Waals surface area contributed by atoms with Gasteiger partial charge in [0.05, 0.1) is 12.0 Å². The molecular formula is C16H31ClN2O2. The van der Waals surface area contributed by atoms with Gasteiger partial charge in [-0.25, -0.2) is 0 Å². The van der Waals surface area contributed by atoms with Crippen LogP contribution in [0.2, 0.25) is 0 Å². The maximum atomic E-state index is 12.6. The molecule has 0 aromatic heterocycles. The van der Waals surface area contributed by atoms with E-state index in [2.05, 4.69) is 17.6 Å². The summed E-state index contributed by atoms with van der Waals surface area (Å²) in [7, 11) is 1.69. The predicted molar refractivity (Wildman–Crippen MR) is 87.8 cm³/mol. The van der Waals surface area contributed by atoms with E-state index < -0.39 is 0 Å². The second-order valence-corrected chi connectivity index (χ2v) is 6.80. The van der Waals surface area contributed by atoms with Gasteiger partial charge >= 0.3 is 0 Å². The monoisotopic (exact) mass is 318 g/mol. The first-order valence-electron chi connectivity index (χ1n) is 8.14. The van der Waals surface area contributed by atoms with Crippen LogP contribution in [0.4, 0.5) is 0 Å². The minimum absolute atomic E-state index is 0. The minimum atomic E-state index is -0.304. The molecule has 0 unspecified atom stereocenters. The van der Waals surface area contributed by atoms with Crippen molar-refractivity contribution in [3.8, 4) is 0 Å². The maximum absolute atomic E-state index is 12.6. The van der Waals surface area contributed by atoms with Crippen LogP contribution >= 0.6 is 12.4 Å². The lowest BCUT2D eigenvalue weighted by Crippen LogP contribution is -2.51. The summed E-state index contributed by atoms with van der Waals surface area (Å²) in [5.41, 5.74) is -0.304. The van der Waals surface area contributed by atoms with E-state index >= 15 is 0 Å². The van der Waals surface area contributed by atoms with Gasteiger partial charge < -0.3 is 15.4 Å². The molecule has 0 aromatic carbocycles. The van der Waals surface area contributed by atoms with Gasteiger partial charge in [-0.2, -0.15) is 0 Å². The molecule has 0 aromatic rings. The lowest BCUT2D eigenvalue weighted by Gasteiger charge is -2.36. The molecule has 0 radical (unpaired) electrons. The minimum Gasteiger partial charge on any atom is -0.384 e. The van der Waals surface area contributed by atoms with E-state index in [0.29, 0.717) is 12.5 Å². The molecule has 2 N–H and O–H groups in total. The third-order valence-corrected chi connectivity index (χ3v) is 5.15. The topological polar surface area (TPSA) is 50.4 Å². The molecular weight excluding hydrogens is 288 g/mol. The summed E-state index contributed by atoms with van der Waals surface area (Å²) >= 11 is 0. The Balaban J connectivity index is 0.00000220. The average molecular weight is 319 g/mol. The Bertz CT molecular complexity index is 306. The van der Waals surface area contributed by atoms with Crippen molar-refractivity contribution in [2.45, 2.75) is 45.4 Å². The summed E-state index contributed by atoms with van der Waals surface area (Å²) in [4.78, 5) is 12.6. The van der Waals surface area contributed by atoms with E-state index in [-0.39, 0.29) is 23.7 Å². The molecule has 1 saturated heterocycles. The van der Waals surface area contributed by atoms with E-state index in [0.717, 1.165) is 38.4 Å². The number of hydrogen-bond donors (Lipinski definition) is 2. The molecule has 124 valence electrons. The summed E-state index contributed by atoms with van der Waals surface area (Å²) in [6.45, 7) is 5.56. The van der Waals surface area contributed by atoms with Gasteiger partial charge in [-0.3, -0.25) is 4.79 Å². The van der Waals surface area contributed by atoms with Crippen molar-refractivity contribution >= 4 is 18.3 Å². The van der Waals surface area contributed by atoms with Crippen LogP contribution in [0.15, 0.2) is 0 Å². The number of methoxy groups -OCH3 is 1. The summed E-state index contributed by atoms with van der Waals surface area (Å²) in [5.74, 6) is 1.75. The first kappa shape index (κ1) is 18.7. The van der Waals surface area contributed by atoms with Gasteiger partial charge in [0.25, 0.3) is 0 Å². The van der Waals surface area contributed by atoms with Gasteiger partial charge in [-0.1, -0.05) is 19.8 Å². The fourth-order valence-corrected chi connectivity index (χ4v) is 3.58. The molecule has 0 spiro atoms. The van der Waals surface area contributed by atoms with Crippen molar-refractivity contribution in [1.29, 1.82) is 0 Å². The van der Waals surface area contributed by atoms with E-state index in [4.69, 9.17) is 4.74 Å². The Morgan fingerprint density at radius 2 is 1.86 bits per heavy atom. The Labute approximate surface area is 135 Å². The van der Waals surface area contributed by atoms with Crippen LogP contribution in [0.3, 0.4) is 0 Å². The molecule has 0 atom stereocenters. The first-order chi connectivity index (χ1) is 9.66. The highest BCUT2D eigenvalue weighted by atomic mass is 35.5. The van der Waals surface area contributed by atoms with Crippen molar-refractivity contribution in [1.82, 2.24) is 10.6 Å². The number of carbonyl (C=O) groups excluding carboxylic acids is 1. The number of rotatable bonds is 5. The molecule has 21 heavy (non-hydrogen) atoms. The SMILES string of the molecule is COCC1(C(=O)NCC2CCC(C)CC2)CCNCC1.Cl. The largest absolute Gasteiger partial charge is 0.384 e. The fraction of sp³-hybridized carbons (Fsp3) is 0.938. The van der Waals surface area contributed by atoms with Gasteiger partial charge in [0.15, 0.2) is 0 Å². The van der Waals surface area contributed by atoms with Gasteiger partial charge in [0, 0.05) is 13.7 Å². The normalized spacial score (nSPS) is 28.5. The van der Waals surface area contributed by atoms with Crippen molar-refractivity contribution < 1.29 is 9.53 Å². The van der Waals surface area contributed by atoms with Crippen molar-refractivity contribution in [2.75, 3.05) is 33.4 Å². The number of nitrogens with one attached hydrogen (secondary N) is 2. The highest BCUT2D eigenvalue weighted by Gasteiger charge is 2.39. The molecule has 1 aliphatic carbocycles. The third-order valence-electron chi connectivity index (χ3n) is 5.15. The second kappa shape index (κ2) is 8.96. The summed E-state index contributed by atoms with van der Waals surface area (Å²) in [6, 6.07) is 0. The van der Waals surface area contributed by atoms with Crippen LogP contribution in [-0.4, -0.2) is 39.3 Å². The van der Waals surface area contributed by atoms with Gasteiger partial charge in [-0.15, -0.1) is 12.4 Å². The van der Waals surface area contributed by atoms with Crippen molar-refractivity contribution in [3.05, 3.63) is 0 Å². The zero-order valence-electron chi connectivity index (χ0n) is 13.5. The Hall–Kier alpha value is -0.320. The molecule has 0 bridgehead atoms. The fourth-order valence-electron chi connectivity index (χ4n) is 3.58. The predicted octanol–water partition coefficient (Wildman–Crippen LogP) is 2.37. The Morgan fingerprint density at radius 1 is 1.24 bits per heavy atom. The number of ether oxygens (including phenoxy) is 1. The zero-order chi connectivity index (χ0) is 14.4. The molecule has 1 amide bonds. The molecule has 1 heterocycles. The number of piperidine rings is 1. The van der Waals surface area contributed by atoms with Crippen LogP contribution in [-0.2, 0) is 9.53 Å². The number of hydrogen-bond acceptors (Lipinski definition) is 3. The van der Waals surface area contributed by atoms with Crippen LogP contribution in [0.5, 0.6) is 0 Å². The van der Waals surface area contributed by atoms with Gasteiger partial charge in [-0.05, 0) is 50.6 Å². The van der Waals surface area contributed by atoms with Crippen LogP contribution in [0.1, 0.15) is 45.4 Å². The Kier molecular flexibility index (Phi) is 7.99. The highest BCUT2D eigenvalue weighted by Crippen LogP contribution is 2.31. The summed E-state index contributed by atoms with van der Waals surface area (Å²) in [5, 5.41) is 6.54. The molecule has 4 nitrogen and oxygen atoms in total. The van der Waals surface area contributed by atoms with E-state index in [1.54, 1.807) is 7.11 Å². The number of amides is 1. The quantitative estimate of drug-likeness (QED) is 0.818. The Morgan fingerprint density at radius 3 is 2.43 bits per heavy atom. The van der Waals surface area contributed by atoms with Crippen LogP contribution in [0.25, 0.3) is 0 Å². The molecule has 2 fully saturated rings. The average Bonchev–Trinajstić information content (AvgIpc) is 2.47. The molecule has 1 saturated carbocycles. The molecule has 2 aliphatic rings. The summed E-state index contributed by atoms with van der Waals surface area (Å²) in [6.07, 6.45) is 6.92. The molecule has 1 aliphatic heterocycles. The highest BCUT2D eigenvalue weighted by molar-refractivity contribution is 5.85. The van der Waals surface area contributed by atoms with Crippen LogP contribution in [0, 0.1) is 17.3 Å². The summed E-state index contributed by atoms with van der Waals surface area (Å²) < 4.78 is 5.32. The molecule has 5 heteroatoms. The van der Waals surface area contributed by atoms with E-state index in [1.807, 2.05) is 0 Å². The zero-order valence-corrected chi connectivity index (χ0v) is 14.3. The lowest BCUT2D eigenvalue weighted by atomic mass is 9.78. The van der Waals surface area contributed by atoms with Gasteiger partial charge in [0.1, 0.15) is 0 Å². The smallest absolute Gasteiger partial charge is 0.228 e.